The largest absolute Gasteiger partial charge is 0.753 e. The van der Waals surface area contributed by atoms with Gasteiger partial charge >= 0.3 is 12.0 Å². The van der Waals surface area contributed by atoms with Crippen molar-refractivity contribution in [3.8, 4) is 5.75 Å². The number of phenolic OH excluding ortho intramolecular Hbond substituents is 1. The second-order valence-electron chi connectivity index (χ2n) is 2.71. The van der Waals surface area contributed by atoms with Gasteiger partial charge in [0.15, 0.2) is 0 Å². The molecule has 2 amide bonds. The summed E-state index contributed by atoms with van der Waals surface area (Å²) in [5, 5.41) is 9.28. The van der Waals surface area contributed by atoms with E-state index < -0.39 is 29.0 Å². The van der Waals surface area contributed by atoms with Gasteiger partial charge in [-0.2, -0.15) is 0 Å². The number of carbonyl (C=O) groups excluding carboxylic acids is 2. The first-order valence-electron chi connectivity index (χ1n) is 4.12. The lowest BCUT2D eigenvalue weighted by molar-refractivity contribution is -0.0196. The number of phenols is 1. The van der Waals surface area contributed by atoms with Gasteiger partial charge in [0.2, 0.25) is 0 Å². The van der Waals surface area contributed by atoms with Crippen molar-refractivity contribution in [2.75, 3.05) is 0 Å². The van der Waals surface area contributed by atoms with Gasteiger partial charge in [0.1, 0.15) is 11.3 Å². The minimum atomic E-state index is -3.15. The third-order valence-electron chi connectivity index (χ3n) is 1.61. The minimum Gasteiger partial charge on any atom is -0.753 e. The average Bonchev–Trinajstić information content (AvgIpc) is 2.25. The van der Waals surface area contributed by atoms with Crippen LogP contribution in [0.25, 0.3) is 0 Å². The van der Waals surface area contributed by atoms with Crippen molar-refractivity contribution in [2.24, 2.45) is 5.73 Å². The molecule has 0 fully saturated rings. The zero-order valence-electron chi connectivity index (χ0n) is 8.23. The van der Waals surface area contributed by atoms with Gasteiger partial charge in [-0.15, -0.1) is 0 Å². The van der Waals surface area contributed by atoms with Crippen LogP contribution < -0.4 is 5.73 Å². The molecular formula is C8H7N2O6S-. The SMILES string of the molecule is NC(=O)N(OC(=O)c1ccccc1O)S(=O)[O-]. The Balaban J connectivity index is 2.89. The summed E-state index contributed by atoms with van der Waals surface area (Å²) in [6.07, 6.45) is 0. The molecule has 0 heterocycles. The van der Waals surface area contributed by atoms with Crippen LogP contribution in [0.2, 0.25) is 0 Å². The number of urea groups is 1. The Morgan fingerprint density at radius 3 is 2.47 bits per heavy atom. The molecule has 0 saturated heterocycles. The van der Waals surface area contributed by atoms with E-state index in [2.05, 4.69) is 10.6 Å². The fraction of sp³-hybridized carbons (Fsp3) is 0. The van der Waals surface area contributed by atoms with Crippen LogP contribution in [0.5, 0.6) is 5.75 Å². The Morgan fingerprint density at radius 1 is 1.41 bits per heavy atom. The van der Waals surface area contributed by atoms with Gasteiger partial charge in [-0.05, 0) is 12.1 Å². The maximum atomic E-state index is 11.4. The molecular weight excluding hydrogens is 252 g/mol. The lowest BCUT2D eigenvalue weighted by Crippen LogP contribution is -2.38. The summed E-state index contributed by atoms with van der Waals surface area (Å²) in [4.78, 5) is 26.2. The van der Waals surface area contributed by atoms with Gasteiger partial charge in [-0.25, -0.2) is 13.8 Å². The fourth-order valence-corrected chi connectivity index (χ4v) is 1.20. The summed E-state index contributed by atoms with van der Waals surface area (Å²) < 4.78 is 20.6. The predicted molar refractivity (Wildman–Crippen MR) is 53.9 cm³/mol. The first-order valence-corrected chi connectivity index (χ1v) is 5.16. The van der Waals surface area contributed by atoms with Gasteiger partial charge in [-0.1, -0.05) is 16.6 Å². The van der Waals surface area contributed by atoms with E-state index in [9.17, 15) is 23.5 Å². The first-order chi connectivity index (χ1) is 7.93. The molecule has 3 N–H and O–H groups in total. The number of primary amides is 1. The number of hydrogen-bond acceptors (Lipinski definition) is 6. The smallest absolute Gasteiger partial charge is 0.368 e. The van der Waals surface area contributed by atoms with E-state index in [4.69, 9.17) is 0 Å². The molecule has 0 aliphatic heterocycles. The third kappa shape index (κ3) is 3.16. The molecule has 0 radical (unpaired) electrons. The van der Waals surface area contributed by atoms with Crippen molar-refractivity contribution in [3.63, 3.8) is 0 Å². The molecule has 1 aromatic rings. The molecule has 0 aromatic heterocycles. The average molecular weight is 259 g/mol. The lowest BCUT2D eigenvalue weighted by Gasteiger charge is -2.19. The Hall–Kier alpha value is -2.13. The number of carbonyl (C=O) groups is 2. The van der Waals surface area contributed by atoms with Crippen LogP contribution in [0.3, 0.4) is 0 Å². The third-order valence-corrected chi connectivity index (χ3v) is 2.13. The molecule has 0 saturated carbocycles. The second kappa shape index (κ2) is 5.27. The van der Waals surface area contributed by atoms with E-state index >= 15 is 0 Å². The highest BCUT2D eigenvalue weighted by molar-refractivity contribution is 7.77. The number of rotatable bonds is 2. The Labute approximate surface area is 98.0 Å². The molecule has 0 spiro atoms. The molecule has 0 aliphatic carbocycles. The van der Waals surface area contributed by atoms with E-state index in [0.717, 1.165) is 0 Å². The van der Waals surface area contributed by atoms with Crippen molar-refractivity contribution in [1.82, 2.24) is 4.47 Å². The van der Waals surface area contributed by atoms with Crippen LogP contribution in [0.4, 0.5) is 4.79 Å². The van der Waals surface area contributed by atoms with Crippen LogP contribution in [0, 0.1) is 0 Å². The van der Waals surface area contributed by atoms with Crippen molar-refractivity contribution in [1.29, 1.82) is 0 Å². The van der Waals surface area contributed by atoms with Crippen LogP contribution in [-0.2, 0) is 16.1 Å². The number of aromatic hydroxyl groups is 1. The maximum Gasteiger partial charge on any atom is 0.368 e. The summed E-state index contributed by atoms with van der Waals surface area (Å²) in [6, 6.07) is 3.76. The summed E-state index contributed by atoms with van der Waals surface area (Å²) in [7, 11) is 0. The Bertz CT molecular complexity index is 463. The predicted octanol–water partition coefficient (Wildman–Crippen LogP) is -0.361. The monoisotopic (exact) mass is 259 g/mol. The van der Waals surface area contributed by atoms with E-state index in [1.807, 2.05) is 0 Å². The topological polar surface area (TPSA) is 133 Å². The number of nitrogens with two attached hydrogens (primary N) is 1. The number of para-hydroxylation sites is 1. The van der Waals surface area contributed by atoms with E-state index in [0.29, 0.717) is 0 Å². The highest BCUT2D eigenvalue weighted by Gasteiger charge is 2.20. The van der Waals surface area contributed by atoms with Gasteiger partial charge < -0.3 is 20.2 Å². The lowest BCUT2D eigenvalue weighted by atomic mass is 10.2. The number of amides is 2. The summed E-state index contributed by atoms with van der Waals surface area (Å²) in [6.45, 7) is 0. The molecule has 17 heavy (non-hydrogen) atoms. The zero-order chi connectivity index (χ0) is 13.0. The molecule has 1 atom stereocenters. The number of benzene rings is 1. The molecule has 1 aromatic carbocycles. The van der Waals surface area contributed by atoms with Crippen LogP contribution >= 0.6 is 0 Å². The quantitative estimate of drug-likeness (QED) is 0.550. The van der Waals surface area contributed by atoms with Crippen LogP contribution in [-0.4, -0.2) is 30.3 Å². The summed E-state index contributed by atoms with van der Waals surface area (Å²) in [5.41, 5.74) is 4.35. The number of hydroxylamine groups is 1. The van der Waals surface area contributed by atoms with Crippen molar-refractivity contribution in [2.45, 2.75) is 0 Å². The van der Waals surface area contributed by atoms with Crippen molar-refractivity contribution >= 4 is 23.3 Å². The highest BCUT2D eigenvalue weighted by Crippen LogP contribution is 2.17. The molecule has 8 nitrogen and oxygen atoms in total. The molecule has 1 unspecified atom stereocenters. The number of hydrogen-bond donors (Lipinski definition) is 2. The molecule has 0 bridgehead atoms. The summed E-state index contributed by atoms with van der Waals surface area (Å²) in [5.74, 6) is -1.65. The van der Waals surface area contributed by atoms with Gasteiger partial charge in [0.25, 0.3) is 0 Å². The molecule has 92 valence electrons. The molecule has 0 aliphatic rings. The normalized spacial score (nSPS) is 11.6. The molecule has 9 heteroatoms. The van der Waals surface area contributed by atoms with Crippen LogP contribution in [0.15, 0.2) is 24.3 Å². The Kier molecular flexibility index (Phi) is 4.01. The maximum absolute atomic E-state index is 11.4. The Morgan fingerprint density at radius 2 is 2.00 bits per heavy atom. The zero-order valence-corrected chi connectivity index (χ0v) is 9.05. The van der Waals surface area contributed by atoms with Gasteiger partial charge in [-0.3, -0.25) is 0 Å². The van der Waals surface area contributed by atoms with Gasteiger partial charge in [0, 0.05) is 0 Å². The van der Waals surface area contributed by atoms with Crippen molar-refractivity contribution in [3.05, 3.63) is 29.8 Å². The second-order valence-corrected chi connectivity index (χ2v) is 3.47. The highest BCUT2D eigenvalue weighted by atomic mass is 32.2. The summed E-state index contributed by atoms with van der Waals surface area (Å²) >= 11 is -3.15. The first kappa shape index (κ1) is 12.9. The molecule has 1 rings (SSSR count). The van der Waals surface area contributed by atoms with E-state index in [1.165, 1.54) is 24.3 Å². The van der Waals surface area contributed by atoms with Crippen LogP contribution in [0.1, 0.15) is 10.4 Å². The fourth-order valence-electron chi connectivity index (χ4n) is 0.920. The van der Waals surface area contributed by atoms with Gasteiger partial charge in [0.05, 0.1) is 11.3 Å². The minimum absolute atomic E-state index is 0.302. The number of nitrogens with zero attached hydrogens (tertiary/aromatic N) is 1. The van der Waals surface area contributed by atoms with E-state index in [1.54, 1.807) is 0 Å². The standard InChI is InChI=1S/C8H8N2O6S/c9-8(13)10(17(14)15)16-7(12)5-3-1-2-4-6(5)11/h1-4,11H,(H2,9,13)(H,14,15)/p-1. The van der Waals surface area contributed by atoms with Crippen molar-refractivity contribution < 1.29 is 28.3 Å². The van der Waals surface area contributed by atoms with E-state index in [-0.39, 0.29) is 10.0 Å².